The second kappa shape index (κ2) is 8.67. The van der Waals surface area contributed by atoms with E-state index >= 15 is 0 Å². The van der Waals surface area contributed by atoms with E-state index in [4.69, 9.17) is 4.74 Å². The number of methoxy groups -OCH3 is 1. The van der Waals surface area contributed by atoms with Crippen LogP contribution in [0.25, 0.3) is 0 Å². The van der Waals surface area contributed by atoms with Gasteiger partial charge in [-0.05, 0) is 37.5 Å². The lowest BCUT2D eigenvalue weighted by Gasteiger charge is -2.32. The van der Waals surface area contributed by atoms with Gasteiger partial charge in [0.1, 0.15) is 23.6 Å². The quantitative estimate of drug-likeness (QED) is 0.819. The van der Waals surface area contributed by atoms with Crippen molar-refractivity contribution in [1.82, 2.24) is 15.3 Å². The minimum Gasteiger partial charge on any atom is -0.497 e. The maximum atomic E-state index is 12.8. The van der Waals surface area contributed by atoms with Gasteiger partial charge in [-0.15, -0.1) is 0 Å². The smallest absolute Gasteiger partial charge is 0.433 e. The van der Waals surface area contributed by atoms with E-state index in [1.165, 1.54) is 0 Å². The average molecular weight is 408 g/mol. The summed E-state index contributed by atoms with van der Waals surface area (Å²) in [5, 5.41) is 3.01. The molecular formula is C20H23F3N4O2. The first kappa shape index (κ1) is 20.9. The molecule has 1 atom stereocenters. The number of carbonyl (C=O) groups excluding carboxylic acids is 1. The van der Waals surface area contributed by atoms with Crippen molar-refractivity contribution in [3.05, 3.63) is 47.9 Å². The number of ether oxygens (including phenoxy) is 1. The van der Waals surface area contributed by atoms with Crippen molar-refractivity contribution >= 4 is 11.7 Å². The zero-order valence-electron chi connectivity index (χ0n) is 16.2. The minimum atomic E-state index is -4.51. The number of nitrogens with zero attached hydrogens (tertiary/aromatic N) is 3. The van der Waals surface area contributed by atoms with Crippen LogP contribution in [0.15, 0.2) is 36.7 Å². The number of hydrogen-bond donors (Lipinski definition) is 1. The number of anilines is 1. The predicted molar refractivity (Wildman–Crippen MR) is 102 cm³/mol. The summed E-state index contributed by atoms with van der Waals surface area (Å²) in [4.78, 5) is 21.6. The molecule has 1 N–H and O–H groups in total. The van der Waals surface area contributed by atoms with Crippen molar-refractivity contribution in [3.8, 4) is 5.75 Å². The molecule has 156 valence electrons. The summed E-state index contributed by atoms with van der Waals surface area (Å²) >= 11 is 0. The summed E-state index contributed by atoms with van der Waals surface area (Å²) in [6.45, 7) is 2.83. The Labute approximate surface area is 167 Å². The van der Waals surface area contributed by atoms with Crippen LogP contribution in [0.5, 0.6) is 5.75 Å². The van der Waals surface area contributed by atoms with Crippen LogP contribution < -0.4 is 15.0 Å². The summed E-state index contributed by atoms with van der Waals surface area (Å²) in [5.41, 5.74) is 0.00735. The fourth-order valence-corrected chi connectivity index (χ4v) is 3.35. The number of benzene rings is 1. The number of nitrogens with one attached hydrogen (secondary N) is 1. The van der Waals surface area contributed by atoms with E-state index in [1.807, 2.05) is 31.2 Å². The molecule has 2 heterocycles. The van der Waals surface area contributed by atoms with Gasteiger partial charge in [-0.25, -0.2) is 9.97 Å². The van der Waals surface area contributed by atoms with Crippen molar-refractivity contribution in [2.75, 3.05) is 25.1 Å². The van der Waals surface area contributed by atoms with Crippen molar-refractivity contribution in [1.29, 1.82) is 0 Å². The highest BCUT2D eigenvalue weighted by molar-refractivity contribution is 5.79. The van der Waals surface area contributed by atoms with Crippen molar-refractivity contribution in [3.63, 3.8) is 0 Å². The standard InChI is InChI=1S/C20H23F3N4O2/c1-13(14-3-5-16(29-2)6-4-14)26-19(28)15-7-9-27(10-8-15)18-11-17(20(21,22)23)24-12-25-18/h3-6,11-13,15H,7-10H2,1-2H3,(H,26,28)/t13-/m1/s1. The van der Waals surface area contributed by atoms with Gasteiger partial charge in [-0.2, -0.15) is 13.2 Å². The summed E-state index contributed by atoms with van der Waals surface area (Å²) in [6, 6.07) is 8.29. The Morgan fingerprint density at radius 2 is 1.86 bits per heavy atom. The minimum absolute atomic E-state index is 0.0494. The molecule has 1 aliphatic heterocycles. The van der Waals surface area contributed by atoms with Crippen LogP contribution in [0.2, 0.25) is 0 Å². The summed E-state index contributed by atoms with van der Waals surface area (Å²) in [7, 11) is 1.60. The Morgan fingerprint density at radius 1 is 1.21 bits per heavy atom. The van der Waals surface area contributed by atoms with Gasteiger partial charge in [0.05, 0.1) is 13.2 Å². The average Bonchev–Trinajstić information content (AvgIpc) is 2.73. The van der Waals surface area contributed by atoms with Gasteiger partial charge in [-0.3, -0.25) is 4.79 Å². The third kappa shape index (κ3) is 5.16. The number of carbonyl (C=O) groups is 1. The van der Waals surface area contributed by atoms with Crippen LogP contribution in [-0.4, -0.2) is 36.1 Å². The largest absolute Gasteiger partial charge is 0.497 e. The second-order valence-corrected chi connectivity index (χ2v) is 7.02. The molecule has 0 radical (unpaired) electrons. The molecule has 29 heavy (non-hydrogen) atoms. The second-order valence-electron chi connectivity index (χ2n) is 7.02. The molecule has 1 aliphatic rings. The Hall–Kier alpha value is -2.84. The first-order valence-electron chi connectivity index (χ1n) is 9.36. The van der Waals surface area contributed by atoms with Crippen LogP contribution in [0.3, 0.4) is 0 Å². The van der Waals surface area contributed by atoms with E-state index in [9.17, 15) is 18.0 Å². The number of aromatic nitrogens is 2. The van der Waals surface area contributed by atoms with Crippen molar-refractivity contribution in [2.24, 2.45) is 5.92 Å². The van der Waals surface area contributed by atoms with E-state index in [-0.39, 0.29) is 23.7 Å². The molecule has 0 unspecified atom stereocenters. The van der Waals surface area contributed by atoms with Gasteiger partial charge in [0, 0.05) is 25.1 Å². The number of piperidine rings is 1. The normalized spacial score (nSPS) is 16.4. The molecular weight excluding hydrogens is 385 g/mol. The highest BCUT2D eigenvalue weighted by Crippen LogP contribution is 2.30. The molecule has 1 aromatic carbocycles. The number of rotatable bonds is 5. The maximum Gasteiger partial charge on any atom is 0.433 e. The molecule has 1 amide bonds. The molecule has 6 nitrogen and oxygen atoms in total. The number of alkyl halides is 3. The molecule has 3 rings (SSSR count). The van der Waals surface area contributed by atoms with Gasteiger partial charge >= 0.3 is 6.18 Å². The lowest BCUT2D eigenvalue weighted by molar-refractivity contribution is -0.141. The van der Waals surface area contributed by atoms with Crippen LogP contribution in [0.1, 0.15) is 37.1 Å². The van der Waals surface area contributed by atoms with E-state index in [1.54, 1.807) is 12.0 Å². The van der Waals surface area contributed by atoms with Gasteiger partial charge in [-0.1, -0.05) is 12.1 Å². The summed E-state index contributed by atoms with van der Waals surface area (Å²) < 4.78 is 43.6. The fraction of sp³-hybridized carbons (Fsp3) is 0.450. The zero-order chi connectivity index (χ0) is 21.0. The SMILES string of the molecule is COc1ccc([C@@H](C)NC(=O)C2CCN(c3cc(C(F)(F)F)ncn3)CC2)cc1. The van der Waals surface area contributed by atoms with E-state index < -0.39 is 11.9 Å². The zero-order valence-corrected chi connectivity index (χ0v) is 16.2. The molecule has 0 bridgehead atoms. The van der Waals surface area contributed by atoms with E-state index in [0.717, 1.165) is 23.7 Å². The predicted octanol–water partition coefficient (Wildman–Crippen LogP) is 3.60. The highest BCUT2D eigenvalue weighted by atomic mass is 19.4. The van der Waals surface area contributed by atoms with Gasteiger partial charge < -0.3 is 15.0 Å². The Kier molecular flexibility index (Phi) is 6.24. The molecule has 2 aromatic rings. The third-order valence-corrected chi connectivity index (χ3v) is 5.11. The molecule has 1 aromatic heterocycles. The van der Waals surface area contributed by atoms with Crippen LogP contribution in [-0.2, 0) is 11.0 Å². The molecule has 0 aliphatic carbocycles. The van der Waals surface area contributed by atoms with Gasteiger partial charge in [0.15, 0.2) is 0 Å². The summed E-state index contributed by atoms with van der Waals surface area (Å²) in [5.74, 6) is 0.748. The Bertz CT molecular complexity index is 834. The topological polar surface area (TPSA) is 67.3 Å². The molecule has 9 heteroatoms. The van der Waals surface area contributed by atoms with E-state index in [2.05, 4.69) is 15.3 Å². The molecule has 1 saturated heterocycles. The fourth-order valence-electron chi connectivity index (χ4n) is 3.35. The first-order valence-corrected chi connectivity index (χ1v) is 9.36. The lowest BCUT2D eigenvalue weighted by Crippen LogP contribution is -2.41. The van der Waals surface area contributed by atoms with Crippen LogP contribution in [0, 0.1) is 5.92 Å². The van der Waals surface area contributed by atoms with Crippen LogP contribution in [0.4, 0.5) is 19.0 Å². The Morgan fingerprint density at radius 3 is 2.45 bits per heavy atom. The van der Waals surface area contributed by atoms with Crippen molar-refractivity contribution < 1.29 is 22.7 Å². The molecule has 0 saturated carbocycles. The third-order valence-electron chi connectivity index (χ3n) is 5.11. The lowest BCUT2D eigenvalue weighted by atomic mass is 9.95. The molecule has 1 fully saturated rings. The van der Waals surface area contributed by atoms with Crippen molar-refractivity contribution in [2.45, 2.75) is 32.0 Å². The van der Waals surface area contributed by atoms with Crippen LogP contribution >= 0.6 is 0 Å². The monoisotopic (exact) mass is 408 g/mol. The van der Waals surface area contributed by atoms with Gasteiger partial charge in [0.25, 0.3) is 0 Å². The van der Waals surface area contributed by atoms with Gasteiger partial charge in [0.2, 0.25) is 5.91 Å². The Balaban J connectivity index is 1.55. The highest BCUT2D eigenvalue weighted by Gasteiger charge is 2.34. The molecule has 0 spiro atoms. The van der Waals surface area contributed by atoms with E-state index in [0.29, 0.717) is 25.9 Å². The number of amides is 1. The number of halogens is 3. The summed E-state index contributed by atoms with van der Waals surface area (Å²) in [6.07, 6.45) is -2.49. The first-order chi connectivity index (χ1) is 13.8. The number of hydrogen-bond acceptors (Lipinski definition) is 5. The maximum absolute atomic E-state index is 12.8.